The quantitative estimate of drug-likeness (QED) is 0.605. The van der Waals surface area contributed by atoms with Gasteiger partial charge >= 0.3 is 0 Å². The van der Waals surface area contributed by atoms with E-state index in [1.165, 1.54) is 0 Å². The fraction of sp³-hybridized carbons (Fsp3) is 0.333. The fourth-order valence-electron chi connectivity index (χ4n) is 3.02. The summed E-state index contributed by atoms with van der Waals surface area (Å²) in [4.78, 5) is 22.8. The number of benzene rings is 2. The van der Waals surface area contributed by atoms with Gasteiger partial charge < -0.3 is 11.5 Å². The van der Waals surface area contributed by atoms with Crippen molar-refractivity contribution in [2.24, 2.45) is 17.4 Å². The Labute approximate surface area is 171 Å². The molecule has 0 fully saturated rings. The van der Waals surface area contributed by atoms with Gasteiger partial charge in [0.15, 0.2) is 0 Å². The molecule has 0 aliphatic carbocycles. The van der Waals surface area contributed by atoms with E-state index in [1.807, 2.05) is 0 Å². The first kappa shape index (κ1) is 22.6. The molecule has 0 radical (unpaired) electrons. The van der Waals surface area contributed by atoms with Gasteiger partial charge in [-0.2, -0.15) is 0 Å². The Hall–Kier alpha value is -2.71. The second-order valence-electron chi connectivity index (χ2n) is 8.02. The summed E-state index contributed by atoms with van der Waals surface area (Å²) in [6.45, 7) is 5.34. The molecule has 2 aromatic rings. The van der Waals surface area contributed by atoms with Gasteiger partial charge in [0, 0.05) is 17.5 Å². The van der Waals surface area contributed by atoms with E-state index in [0.717, 1.165) is 5.56 Å². The maximum absolute atomic E-state index is 12.8. The van der Waals surface area contributed by atoms with Crippen LogP contribution in [0.15, 0.2) is 53.4 Å². The molecule has 5 N–H and O–H groups in total. The normalized spacial score (nSPS) is 13.1. The second kappa shape index (κ2) is 8.75. The number of amides is 2. The number of hydrogen-bond acceptors (Lipinski definition) is 4. The maximum atomic E-state index is 12.8. The lowest BCUT2D eigenvalue weighted by molar-refractivity contribution is -0.126. The van der Waals surface area contributed by atoms with Gasteiger partial charge in [0.1, 0.15) is 0 Å². The van der Waals surface area contributed by atoms with Crippen molar-refractivity contribution in [3.8, 4) is 11.1 Å². The summed E-state index contributed by atoms with van der Waals surface area (Å²) in [5, 5.41) is 0. The molecule has 0 unspecified atom stereocenters. The van der Waals surface area contributed by atoms with Crippen LogP contribution >= 0.6 is 0 Å². The number of carbonyl (C=O) groups excluding carboxylic acids is 2. The number of nitrogens with two attached hydrogens (primary N) is 2. The Morgan fingerprint density at radius 3 is 2.10 bits per heavy atom. The van der Waals surface area contributed by atoms with Gasteiger partial charge in [-0.1, -0.05) is 42.5 Å². The zero-order chi connectivity index (χ0) is 21.8. The standard InChI is InChI=1S/C21H27N3O4S/c1-21(2,3)24-29(27,28)18-7-5-4-6-17(18)15-10-8-14(9-11-15)12-16(20(23)26)13-19(22)25/h4-11,16,24H,12-13H2,1-3H3,(H2,22,25)(H2,23,26)/t16-/m1/s1. The lowest BCUT2D eigenvalue weighted by atomic mass is 9.94. The molecule has 0 aliphatic heterocycles. The highest BCUT2D eigenvalue weighted by Gasteiger charge is 2.25. The minimum absolute atomic E-state index is 0.114. The first-order valence-corrected chi connectivity index (χ1v) is 10.7. The largest absolute Gasteiger partial charge is 0.370 e. The third kappa shape index (κ3) is 6.40. The summed E-state index contributed by atoms with van der Waals surface area (Å²) in [5.41, 5.74) is 12.0. The summed E-state index contributed by atoms with van der Waals surface area (Å²) in [7, 11) is -3.71. The minimum atomic E-state index is -3.71. The third-order valence-electron chi connectivity index (χ3n) is 4.21. The molecule has 0 saturated carbocycles. The molecule has 29 heavy (non-hydrogen) atoms. The van der Waals surface area contributed by atoms with E-state index in [4.69, 9.17) is 11.5 Å². The molecule has 2 aromatic carbocycles. The fourth-order valence-corrected chi connectivity index (χ4v) is 4.67. The second-order valence-corrected chi connectivity index (χ2v) is 9.67. The van der Waals surface area contributed by atoms with E-state index in [2.05, 4.69) is 4.72 Å². The molecular formula is C21H27N3O4S. The highest BCUT2D eigenvalue weighted by Crippen LogP contribution is 2.28. The first-order chi connectivity index (χ1) is 13.4. The molecular weight excluding hydrogens is 390 g/mol. The van der Waals surface area contributed by atoms with Crippen molar-refractivity contribution in [2.75, 3.05) is 0 Å². The average molecular weight is 418 g/mol. The minimum Gasteiger partial charge on any atom is -0.370 e. The molecule has 0 saturated heterocycles. The molecule has 0 spiro atoms. The third-order valence-corrected chi connectivity index (χ3v) is 6.03. The zero-order valence-electron chi connectivity index (χ0n) is 16.8. The topological polar surface area (TPSA) is 132 Å². The van der Waals surface area contributed by atoms with Crippen molar-refractivity contribution >= 4 is 21.8 Å². The molecule has 0 aliphatic rings. The Bertz CT molecular complexity index is 993. The van der Waals surface area contributed by atoms with Crippen LogP contribution in [0.1, 0.15) is 32.8 Å². The van der Waals surface area contributed by atoms with Gasteiger partial charge in [-0.15, -0.1) is 0 Å². The van der Waals surface area contributed by atoms with E-state index in [1.54, 1.807) is 69.3 Å². The van der Waals surface area contributed by atoms with Crippen LogP contribution in [0, 0.1) is 5.92 Å². The van der Waals surface area contributed by atoms with E-state index in [0.29, 0.717) is 11.1 Å². The summed E-state index contributed by atoms with van der Waals surface area (Å²) >= 11 is 0. The lowest BCUT2D eigenvalue weighted by Crippen LogP contribution is -2.40. The van der Waals surface area contributed by atoms with Crippen LogP contribution in [0.5, 0.6) is 0 Å². The van der Waals surface area contributed by atoms with Crippen LogP contribution < -0.4 is 16.2 Å². The predicted molar refractivity (Wildman–Crippen MR) is 112 cm³/mol. The van der Waals surface area contributed by atoms with Crippen LogP contribution in [0.25, 0.3) is 11.1 Å². The monoisotopic (exact) mass is 417 g/mol. The van der Waals surface area contributed by atoms with Gasteiger partial charge in [0.05, 0.1) is 10.8 Å². The van der Waals surface area contributed by atoms with Crippen molar-refractivity contribution in [3.05, 3.63) is 54.1 Å². The van der Waals surface area contributed by atoms with Gasteiger partial charge in [0.25, 0.3) is 0 Å². The van der Waals surface area contributed by atoms with Crippen molar-refractivity contribution in [1.82, 2.24) is 4.72 Å². The van der Waals surface area contributed by atoms with Gasteiger partial charge in [-0.05, 0) is 44.4 Å². The molecule has 1 atom stereocenters. The number of carbonyl (C=O) groups is 2. The van der Waals surface area contributed by atoms with Gasteiger partial charge in [0.2, 0.25) is 21.8 Å². The summed E-state index contributed by atoms with van der Waals surface area (Å²) in [6.07, 6.45) is 0.167. The summed E-state index contributed by atoms with van der Waals surface area (Å²) < 4.78 is 28.3. The van der Waals surface area contributed by atoms with Crippen LogP contribution in [-0.2, 0) is 26.0 Å². The number of hydrogen-bond donors (Lipinski definition) is 3. The predicted octanol–water partition coefficient (Wildman–Crippen LogP) is 1.95. The van der Waals surface area contributed by atoms with E-state index in [9.17, 15) is 18.0 Å². The SMILES string of the molecule is CC(C)(C)NS(=O)(=O)c1ccccc1-c1ccc(C[C@H](CC(N)=O)C(N)=O)cc1. The van der Waals surface area contributed by atoms with E-state index < -0.39 is 33.3 Å². The van der Waals surface area contributed by atoms with Gasteiger partial charge in [-0.3, -0.25) is 9.59 Å². The highest BCUT2D eigenvalue weighted by atomic mass is 32.2. The van der Waals surface area contributed by atoms with Crippen LogP contribution in [0.3, 0.4) is 0 Å². The Morgan fingerprint density at radius 1 is 1.00 bits per heavy atom. The number of nitrogens with one attached hydrogen (secondary N) is 1. The first-order valence-electron chi connectivity index (χ1n) is 9.19. The van der Waals surface area contributed by atoms with Crippen molar-refractivity contribution in [1.29, 1.82) is 0 Å². The van der Waals surface area contributed by atoms with Crippen LogP contribution in [0.2, 0.25) is 0 Å². The molecule has 8 heteroatoms. The number of primary amides is 2. The van der Waals surface area contributed by atoms with Gasteiger partial charge in [-0.25, -0.2) is 13.1 Å². The summed E-state index contributed by atoms with van der Waals surface area (Å²) in [5.74, 6) is -1.85. The lowest BCUT2D eigenvalue weighted by Gasteiger charge is -2.21. The molecule has 2 rings (SSSR count). The number of sulfonamides is 1. The molecule has 2 amide bonds. The average Bonchev–Trinajstić information content (AvgIpc) is 2.59. The molecule has 0 aromatic heterocycles. The van der Waals surface area contributed by atoms with Crippen LogP contribution in [0.4, 0.5) is 0 Å². The number of rotatable bonds is 8. The van der Waals surface area contributed by atoms with E-state index >= 15 is 0 Å². The maximum Gasteiger partial charge on any atom is 0.241 e. The Kier molecular flexibility index (Phi) is 6.81. The summed E-state index contributed by atoms with van der Waals surface area (Å²) in [6, 6.07) is 13.9. The van der Waals surface area contributed by atoms with Crippen molar-refractivity contribution in [2.45, 2.75) is 44.0 Å². The highest BCUT2D eigenvalue weighted by molar-refractivity contribution is 7.89. The Morgan fingerprint density at radius 2 is 1.59 bits per heavy atom. The molecule has 156 valence electrons. The molecule has 7 nitrogen and oxygen atoms in total. The molecule has 0 heterocycles. The smallest absolute Gasteiger partial charge is 0.241 e. The zero-order valence-corrected chi connectivity index (χ0v) is 17.6. The van der Waals surface area contributed by atoms with Crippen molar-refractivity contribution in [3.63, 3.8) is 0 Å². The van der Waals surface area contributed by atoms with E-state index in [-0.39, 0.29) is 17.7 Å². The van der Waals surface area contributed by atoms with Crippen LogP contribution in [-0.4, -0.2) is 25.8 Å². The Balaban J connectivity index is 2.34. The molecule has 0 bridgehead atoms. The van der Waals surface area contributed by atoms with Crippen molar-refractivity contribution < 1.29 is 18.0 Å².